The summed E-state index contributed by atoms with van der Waals surface area (Å²) in [6, 6.07) is 14.0. The first kappa shape index (κ1) is 17.3. The fraction of sp³-hybridized carbons (Fsp3) is 0.105. The second-order valence-corrected chi connectivity index (χ2v) is 5.50. The second-order valence-electron chi connectivity index (χ2n) is 5.50. The molecule has 1 aromatic heterocycles. The molecule has 0 spiro atoms. The van der Waals surface area contributed by atoms with Gasteiger partial charge in [0, 0.05) is 18.7 Å². The lowest BCUT2D eigenvalue weighted by atomic mass is 10.1. The number of esters is 1. The molecule has 0 unspecified atom stereocenters. The van der Waals surface area contributed by atoms with Crippen LogP contribution in [0, 0.1) is 5.82 Å². The van der Waals surface area contributed by atoms with Crippen LogP contribution in [0.4, 0.5) is 10.1 Å². The van der Waals surface area contributed by atoms with Crippen molar-refractivity contribution in [3.05, 3.63) is 71.7 Å². The molecule has 26 heavy (non-hydrogen) atoms. The first-order chi connectivity index (χ1) is 12.5. The maximum absolute atomic E-state index is 13.7. The van der Waals surface area contributed by atoms with Gasteiger partial charge in [-0.05, 0) is 36.4 Å². The number of halogens is 1. The van der Waals surface area contributed by atoms with E-state index in [9.17, 15) is 14.0 Å². The molecule has 1 amide bonds. The molecule has 0 aliphatic heterocycles. The Morgan fingerprint density at radius 3 is 2.58 bits per heavy atom. The molecule has 7 heteroatoms. The third kappa shape index (κ3) is 4.13. The summed E-state index contributed by atoms with van der Waals surface area (Å²) < 4.78 is 24.0. The molecule has 132 valence electrons. The van der Waals surface area contributed by atoms with Gasteiger partial charge >= 0.3 is 5.97 Å². The van der Waals surface area contributed by atoms with E-state index in [0.29, 0.717) is 16.9 Å². The number of rotatable bonds is 5. The number of amides is 1. The van der Waals surface area contributed by atoms with Gasteiger partial charge in [0.15, 0.2) is 5.76 Å². The zero-order valence-electron chi connectivity index (χ0n) is 13.9. The SMILES string of the molecule is CC(=O)Nc1ccc(C(=O)OCc2cc(-c3ccccc3F)on2)cc1. The minimum atomic E-state index is -0.546. The van der Waals surface area contributed by atoms with Crippen LogP contribution in [0.2, 0.25) is 0 Å². The highest BCUT2D eigenvalue weighted by molar-refractivity contribution is 5.92. The predicted molar refractivity (Wildman–Crippen MR) is 91.8 cm³/mol. The van der Waals surface area contributed by atoms with Crippen LogP contribution in [-0.2, 0) is 16.1 Å². The molecule has 0 fully saturated rings. The predicted octanol–water partition coefficient (Wildman–Crippen LogP) is 3.80. The molecule has 0 radical (unpaired) electrons. The molecule has 0 aliphatic carbocycles. The van der Waals surface area contributed by atoms with Crippen molar-refractivity contribution in [2.45, 2.75) is 13.5 Å². The van der Waals surface area contributed by atoms with Crippen molar-refractivity contribution < 1.29 is 23.2 Å². The van der Waals surface area contributed by atoms with Crippen molar-refractivity contribution in [1.82, 2.24) is 5.16 Å². The van der Waals surface area contributed by atoms with Crippen LogP contribution in [0.3, 0.4) is 0 Å². The Hall–Kier alpha value is -3.48. The van der Waals surface area contributed by atoms with Crippen molar-refractivity contribution >= 4 is 17.6 Å². The molecule has 6 nitrogen and oxygen atoms in total. The lowest BCUT2D eigenvalue weighted by Gasteiger charge is -2.04. The topological polar surface area (TPSA) is 81.4 Å². The monoisotopic (exact) mass is 354 g/mol. The van der Waals surface area contributed by atoms with Crippen molar-refractivity contribution in [2.75, 3.05) is 5.32 Å². The molecule has 3 aromatic rings. The van der Waals surface area contributed by atoms with Gasteiger partial charge in [-0.2, -0.15) is 0 Å². The van der Waals surface area contributed by atoms with Gasteiger partial charge in [0.1, 0.15) is 18.1 Å². The smallest absolute Gasteiger partial charge is 0.338 e. The van der Waals surface area contributed by atoms with E-state index in [1.165, 1.54) is 19.1 Å². The van der Waals surface area contributed by atoms with Crippen molar-refractivity contribution in [3.8, 4) is 11.3 Å². The molecule has 0 atom stereocenters. The summed E-state index contributed by atoms with van der Waals surface area (Å²) >= 11 is 0. The van der Waals surface area contributed by atoms with Crippen LogP contribution in [0.5, 0.6) is 0 Å². The summed E-state index contributed by atoms with van der Waals surface area (Å²) in [5, 5.41) is 6.39. The Balaban J connectivity index is 1.61. The Morgan fingerprint density at radius 1 is 1.15 bits per heavy atom. The van der Waals surface area contributed by atoms with Crippen LogP contribution in [0.15, 0.2) is 59.1 Å². The van der Waals surface area contributed by atoms with Crippen LogP contribution in [-0.4, -0.2) is 17.0 Å². The maximum atomic E-state index is 13.7. The van der Waals surface area contributed by atoms with Crippen LogP contribution in [0.25, 0.3) is 11.3 Å². The van der Waals surface area contributed by atoms with Gasteiger partial charge in [0.05, 0.1) is 11.1 Å². The summed E-state index contributed by atoms with van der Waals surface area (Å²) in [5.74, 6) is -0.910. The first-order valence-electron chi connectivity index (χ1n) is 7.78. The van der Waals surface area contributed by atoms with Gasteiger partial charge in [-0.3, -0.25) is 4.79 Å². The molecule has 1 heterocycles. The Kier molecular flexibility index (Phi) is 5.07. The lowest BCUT2D eigenvalue weighted by Crippen LogP contribution is -2.07. The van der Waals surface area contributed by atoms with Gasteiger partial charge in [-0.15, -0.1) is 0 Å². The zero-order chi connectivity index (χ0) is 18.5. The van der Waals surface area contributed by atoms with Crippen LogP contribution >= 0.6 is 0 Å². The van der Waals surface area contributed by atoms with E-state index in [-0.39, 0.29) is 23.8 Å². The number of carbonyl (C=O) groups excluding carboxylic acids is 2. The summed E-state index contributed by atoms with van der Waals surface area (Å²) in [6.45, 7) is 1.29. The number of aromatic nitrogens is 1. The number of nitrogens with zero attached hydrogens (tertiary/aromatic N) is 1. The molecule has 0 bridgehead atoms. The first-order valence-corrected chi connectivity index (χ1v) is 7.78. The van der Waals surface area contributed by atoms with Crippen LogP contribution < -0.4 is 5.32 Å². The number of nitrogens with one attached hydrogen (secondary N) is 1. The normalized spacial score (nSPS) is 10.4. The van der Waals surface area contributed by atoms with Crippen molar-refractivity contribution in [2.24, 2.45) is 0 Å². The fourth-order valence-electron chi connectivity index (χ4n) is 2.28. The van der Waals surface area contributed by atoms with Crippen molar-refractivity contribution in [1.29, 1.82) is 0 Å². The lowest BCUT2D eigenvalue weighted by molar-refractivity contribution is -0.114. The van der Waals surface area contributed by atoms with Gasteiger partial charge in [0.2, 0.25) is 5.91 Å². The van der Waals surface area contributed by atoms with E-state index < -0.39 is 11.8 Å². The highest BCUT2D eigenvalue weighted by Gasteiger charge is 2.13. The van der Waals surface area contributed by atoms with E-state index in [1.807, 2.05) is 0 Å². The molecule has 2 aromatic carbocycles. The Bertz CT molecular complexity index is 935. The zero-order valence-corrected chi connectivity index (χ0v) is 13.9. The number of benzene rings is 2. The average Bonchev–Trinajstić information content (AvgIpc) is 3.09. The van der Waals surface area contributed by atoms with Gasteiger partial charge < -0.3 is 14.6 Å². The highest BCUT2D eigenvalue weighted by atomic mass is 19.1. The third-order valence-corrected chi connectivity index (χ3v) is 3.49. The van der Waals surface area contributed by atoms with E-state index >= 15 is 0 Å². The fourth-order valence-corrected chi connectivity index (χ4v) is 2.28. The molecule has 0 saturated heterocycles. The summed E-state index contributed by atoms with van der Waals surface area (Å²) in [7, 11) is 0. The molecule has 3 rings (SSSR count). The number of carbonyl (C=O) groups is 2. The largest absolute Gasteiger partial charge is 0.455 e. The van der Waals surface area contributed by atoms with Gasteiger partial charge in [0.25, 0.3) is 0 Å². The van der Waals surface area contributed by atoms with Gasteiger partial charge in [-0.1, -0.05) is 17.3 Å². The summed E-state index contributed by atoms with van der Waals surface area (Å²) in [6.07, 6.45) is 0. The highest BCUT2D eigenvalue weighted by Crippen LogP contribution is 2.23. The number of anilines is 1. The molecule has 0 saturated carbocycles. The quantitative estimate of drug-likeness (QED) is 0.705. The molecule has 0 aliphatic rings. The van der Waals surface area contributed by atoms with Gasteiger partial charge in [-0.25, -0.2) is 9.18 Å². The van der Waals surface area contributed by atoms with Crippen LogP contribution in [0.1, 0.15) is 23.0 Å². The van der Waals surface area contributed by atoms with E-state index in [2.05, 4.69) is 10.5 Å². The number of hydrogen-bond acceptors (Lipinski definition) is 5. The van der Waals surface area contributed by atoms with Crippen molar-refractivity contribution in [3.63, 3.8) is 0 Å². The number of ether oxygens (including phenoxy) is 1. The Morgan fingerprint density at radius 2 is 1.88 bits per heavy atom. The standard InChI is InChI=1S/C19H15FN2O4/c1-12(23)21-14-8-6-13(7-9-14)19(24)25-11-15-10-18(26-22-15)16-4-2-3-5-17(16)20/h2-10H,11H2,1H3,(H,21,23). The second kappa shape index (κ2) is 7.60. The molecular formula is C19H15FN2O4. The minimum absolute atomic E-state index is 0.107. The van der Waals surface area contributed by atoms with E-state index in [4.69, 9.17) is 9.26 Å². The maximum Gasteiger partial charge on any atom is 0.338 e. The third-order valence-electron chi connectivity index (χ3n) is 3.49. The molecule has 1 N–H and O–H groups in total. The average molecular weight is 354 g/mol. The van der Waals surface area contributed by atoms with E-state index in [0.717, 1.165) is 0 Å². The number of hydrogen-bond donors (Lipinski definition) is 1. The minimum Gasteiger partial charge on any atom is -0.455 e. The summed E-state index contributed by atoms with van der Waals surface area (Å²) in [5.41, 5.74) is 1.56. The molecular weight excluding hydrogens is 339 g/mol. The Labute approximate surface area is 148 Å². The summed E-state index contributed by atoms with van der Waals surface area (Å²) in [4.78, 5) is 23.0. The van der Waals surface area contributed by atoms with E-state index in [1.54, 1.807) is 42.5 Å².